The van der Waals surface area contributed by atoms with Crippen LogP contribution < -0.4 is 10.6 Å². The monoisotopic (exact) mass is 347 g/mol. The number of benzene rings is 2. The van der Waals surface area contributed by atoms with Crippen molar-refractivity contribution in [1.29, 1.82) is 0 Å². The van der Waals surface area contributed by atoms with E-state index in [1.807, 2.05) is 42.2 Å². The lowest BCUT2D eigenvalue weighted by Crippen LogP contribution is -2.36. The first-order chi connectivity index (χ1) is 10.1. The van der Waals surface area contributed by atoms with E-state index in [1.54, 1.807) is 6.07 Å². The molecule has 1 aliphatic heterocycles. The lowest BCUT2D eigenvalue weighted by molar-refractivity contribution is 0.623. The molecule has 0 aliphatic carbocycles. The van der Waals surface area contributed by atoms with Crippen LogP contribution in [0.15, 0.2) is 51.9 Å². The fraction of sp³-hybridized carbons (Fsp3) is 0.188. The second-order valence-electron chi connectivity index (χ2n) is 5.07. The van der Waals surface area contributed by atoms with Gasteiger partial charge in [-0.1, -0.05) is 28.1 Å². The smallest absolute Gasteiger partial charge is 0.196 e. The van der Waals surface area contributed by atoms with Crippen molar-refractivity contribution < 1.29 is 4.39 Å². The standard InChI is InChI=1S/C16H15BrFN3/c1-10-7-12(18)5-6-14(10)15-9-20-16(19)21(15)13-4-2-3-11(17)8-13/h2-8,15H,9H2,1H3,(H2,19,20). The van der Waals surface area contributed by atoms with Crippen LogP contribution in [0.5, 0.6) is 0 Å². The van der Waals surface area contributed by atoms with Crippen LogP contribution >= 0.6 is 15.9 Å². The largest absolute Gasteiger partial charge is 0.369 e. The van der Waals surface area contributed by atoms with Crippen molar-refractivity contribution in [2.75, 3.05) is 11.4 Å². The molecule has 0 fully saturated rings. The highest BCUT2D eigenvalue weighted by Crippen LogP contribution is 2.33. The number of anilines is 1. The molecule has 2 aromatic carbocycles. The minimum Gasteiger partial charge on any atom is -0.369 e. The molecule has 3 nitrogen and oxygen atoms in total. The van der Waals surface area contributed by atoms with Crippen LogP contribution in [0.2, 0.25) is 0 Å². The maximum Gasteiger partial charge on any atom is 0.196 e. The summed E-state index contributed by atoms with van der Waals surface area (Å²) in [6.07, 6.45) is 0. The molecule has 2 aromatic rings. The van der Waals surface area contributed by atoms with E-state index >= 15 is 0 Å². The summed E-state index contributed by atoms with van der Waals surface area (Å²) in [5.74, 6) is 0.263. The van der Waals surface area contributed by atoms with Gasteiger partial charge in [-0.2, -0.15) is 0 Å². The molecule has 0 bridgehead atoms. The normalized spacial score (nSPS) is 18.0. The summed E-state index contributed by atoms with van der Waals surface area (Å²) >= 11 is 3.47. The maximum atomic E-state index is 13.3. The Balaban J connectivity index is 2.03. The third-order valence-corrected chi connectivity index (χ3v) is 4.16. The molecule has 0 amide bonds. The first-order valence-corrected chi connectivity index (χ1v) is 7.46. The van der Waals surface area contributed by atoms with Crippen LogP contribution in [0.3, 0.4) is 0 Å². The van der Waals surface area contributed by atoms with Crippen molar-refractivity contribution in [2.24, 2.45) is 10.7 Å². The molecule has 1 aliphatic rings. The van der Waals surface area contributed by atoms with Crippen LogP contribution in [0.25, 0.3) is 0 Å². The third-order valence-electron chi connectivity index (χ3n) is 3.66. The molecule has 1 unspecified atom stereocenters. The predicted molar refractivity (Wildman–Crippen MR) is 87.0 cm³/mol. The van der Waals surface area contributed by atoms with Crippen LogP contribution in [-0.4, -0.2) is 12.5 Å². The molecule has 0 saturated carbocycles. The van der Waals surface area contributed by atoms with Crippen LogP contribution in [-0.2, 0) is 0 Å². The number of aryl methyl sites for hydroxylation is 1. The molecule has 1 heterocycles. The lowest BCUT2D eigenvalue weighted by atomic mass is 10.00. The summed E-state index contributed by atoms with van der Waals surface area (Å²) in [4.78, 5) is 6.35. The highest BCUT2D eigenvalue weighted by Gasteiger charge is 2.29. The first kappa shape index (κ1) is 14.1. The number of hydrogen-bond donors (Lipinski definition) is 1. The van der Waals surface area contributed by atoms with Gasteiger partial charge in [0.25, 0.3) is 0 Å². The van der Waals surface area contributed by atoms with Gasteiger partial charge in [0.2, 0.25) is 0 Å². The number of halogens is 2. The van der Waals surface area contributed by atoms with E-state index in [1.165, 1.54) is 6.07 Å². The zero-order chi connectivity index (χ0) is 15.0. The SMILES string of the molecule is Cc1cc(F)ccc1C1CN=C(N)N1c1cccc(Br)c1. The van der Waals surface area contributed by atoms with Gasteiger partial charge in [-0.15, -0.1) is 0 Å². The molecule has 0 radical (unpaired) electrons. The Kier molecular flexibility index (Phi) is 3.68. The fourth-order valence-corrected chi connectivity index (χ4v) is 3.07. The number of nitrogens with two attached hydrogens (primary N) is 1. The summed E-state index contributed by atoms with van der Waals surface area (Å²) < 4.78 is 14.3. The first-order valence-electron chi connectivity index (χ1n) is 6.67. The van der Waals surface area contributed by atoms with Gasteiger partial charge < -0.3 is 10.6 Å². The molecule has 5 heteroatoms. The Bertz CT molecular complexity index is 714. The molecule has 0 aromatic heterocycles. The van der Waals surface area contributed by atoms with E-state index in [0.29, 0.717) is 12.5 Å². The van der Waals surface area contributed by atoms with Crippen molar-refractivity contribution in [2.45, 2.75) is 13.0 Å². The van der Waals surface area contributed by atoms with E-state index in [4.69, 9.17) is 5.73 Å². The molecule has 0 saturated heterocycles. The molecular weight excluding hydrogens is 333 g/mol. The zero-order valence-electron chi connectivity index (χ0n) is 11.6. The second-order valence-corrected chi connectivity index (χ2v) is 5.98. The number of rotatable bonds is 2. The minimum absolute atomic E-state index is 0.0000926. The summed E-state index contributed by atoms with van der Waals surface area (Å²) in [5, 5.41) is 0. The lowest BCUT2D eigenvalue weighted by Gasteiger charge is -2.28. The average molecular weight is 348 g/mol. The van der Waals surface area contributed by atoms with Crippen molar-refractivity contribution >= 4 is 27.6 Å². The van der Waals surface area contributed by atoms with Crippen molar-refractivity contribution in [3.63, 3.8) is 0 Å². The summed E-state index contributed by atoms with van der Waals surface area (Å²) in [6.45, 7) is 2.48. The number of aliphatic imine (C=N–C) groups is 1. The van der Waals surface area contributed by atoms with Crippen LogP contribution in [0, 0.1) is 12.7 Å². The van der Waals surface area contributed by atoms with Gasteiger partial charge in [-0.05, 0) is 48.4 Å². The summed E-state index contributed by atoms with van der Waals surface area (Å²) in [7, 11) is 0. The van der Waals surface area contributed by atoms with E-state index in [0.717, 1.165) is 21.3 Å². The molecule has 0 spiro atoms. The molecule has 1 atom stereocenters. The highest BCUT2D eigenvalue weighted by molar-refractivity contribution is 9.10. The molecular formula is C16H15BrFN3. The summed E-state index contributed by atoms with van der Waals surface area (Å²) in [5.41, 5.74) is 8.97. The van der Waals surface area contributed by atoms with E-state index in [2.05, 4.69) is 20.9 Å². The summed E-state index contributed by atoms with van der Waals surface area (Å²) in [6, 6.07) is 12.8. The Morgan fingerprint density at radius 1 is 1.29 bits per heavy atom. The highest BCUT2D eigenvalue weighted by atomic mass is 79.9. The Morgan fingerprint density at radius 2 is 2.10 bits per heavy atom. The zero-order valence-corrected chi connectivity index (χ0v) is 13.1. The van der Waals surface area contributed by atoms with E-state index < -0.39 is 0 Å². The van der Waals surface area contributed by atoms with Gasteiger partial charge >= 0.3 is 0 Å². The molecule has 2 N–H and O–H groups in total. The van der Waals surface area contributed by atoms with Crippen LogP contribution in [0.1, 0.15) is 17.2 Å². The van der Waals surface area contributed by atoms with Crippen molar-refractivity contribution in [3.05, 3.63) is 63.9 Å². The van der Waals surface area contributed by atoms with Gasteiger partial charge in [0, 0.05) is 10.2 Å². The van der Waals surface area contributed by atoms with E-state index in [9.17, 15) is 4.39 Å². The second kappa shape index (κ2) is 5.48. The maximum absolute atomic E-state index is 13.3. The molecule has 108 valence electrons. The minimum atomic E-state index is -0.225. The number of nitrogens with zero attached hydrogens (tertiary/aromatic N) is 2. The molecule has 21 heavy (non-hydrogen) atoms. The topological polar surface area (TPSA) is 41.6 Å². The number of hydrogen-bond acceptors (Lipinski definition) is 3. The third kappa shape index (κ3) is 2.65. The van der Waals surface area contributed by atoms with Gasteiger partial charge in [0.15, 0.2) is 5.96 Å². The predicted octanol–water partition coefficient (Wildman–Crippen LogP) is 3.77. The van der Waals surface area contributed by atoms with Gasteiger partial charge in [0.05, 0.1) is 12.6 Å². The quantitative estimate of drug-likeness (QED) is 0.898. The Labute approximate surface area is 131 Å². The van der Waals surface area contributed by atoms with E-state index in [-0.39, 0.29) is 11.9 Å². The number of guanidine groups is 1. The fourth-order valence-electron chi connectivity index (χ4n) is 2.69. The van der Waals surface area contributed by atoms with Gasteiger partial charge in [-0.3, -0.25) is 4.99 Å². The Morgan fingerprint density at radius 3 is 2.81 bits per heavy atom. The van der Waals surface area contributed by atoms with Crippen molar-refractivity contribution in [1.82, 2.24) is 0 Å². The van der Waals surface area contributed by atoms with Crippen molar-refractivity contribution in [3.8, 4) is 0 Å². The van der Waals surface area contributed by atoms with Crippen LogP contribution in [0.4, 0.5) is 10.1 Å². The van der Waals surface area contributed by atoms with Gasteiger partial charge in [0.1, 0.15) is 5.82 Å². The molecule has 3 rings (SSSR count). The van der Waals surface area contributed by atoms with Gasteiger partial charge in [-0.25, -0.2) is 4.39 Å². The average Bonchev–Trinajstić information content (AvgIpc) is 2.80. The Hall–Kier alpha value is -1.88.